The first-order chi connectivity index (χ1) is 12.9. The van der Waals surface area contributed by atoms with Gasteiger partial charge in [0.05, 0.1) is 5.97 Å². The molecule has 27 heavy (non-hydrogen) atoms. The summed E-state index contributed by atoms with van der Waals surface area (Å²) >= 11 is 0. The topological polar surface area (TPSA) is 119 Å². The maximum atomic E-state index is 12.9. The van der Waals surface area contributed by atoms with Crippen LogP contribution in [-0.4, -0.2) is 34.8 Å². The van der Waals surface area contributed by atoms with Crippen LogP contribution >= 0.6 is 0 Å². The third kappa shape index (κ3) is 3.84. The number of carbonyl (C=O) groups excluding carboxylic acids is 4. The van der Waals surface area contributed by atoms with E-state index in [0.29, 0.717) is 18.5 Å². The summed E-state index contributed by atoms with van der Waals surface area (Å²) in [5.74, 6) is -3.96. The van der Waals surface area contributed by atoms with Gasteiger partial charge in [-0.3, -0.25) is 19.8 Å². The van der Waals surface area contributed by atoms with Crippen molar-refractivity contribution in [3.63, 3.8) is 0 Å². The molecule has 1 aromatic rings. The Bertz CT molecular complexity index is 813. The third-order valence-electron chi connectivity index (χ3n) is 4.89. The zero-order chi connectivity index (χ0) is 19.6. The largest absolute Gasteiger partial charge is 0.545 e. The maximum absolute atomic E-state index is 12.9. The molecular weight excluding hydrogens is 350 g/mol. The highest BCUT2D eigenvalue weighted by Crippen LogP contribution is 2.28. The summed E-state index contributed by atoms with van der Waals surface area (Å²) in [4.78, 5) is 49.5. The van der Waals surface area contributed by atoms with Crippen LogP contribution in [0.5, 0.6) is 0 Å². The molecule has 1 heterocycles. The quantitative estimate of drug-likeness (QED) is 0.747. The van der Waals surface area contributed by atoms with E-state index in [1.807, 2.05) is 0 Å². The van der Waals surface area contributed by atoms with Crippen LogP contribution in [0.2, 0.25) is 0 Å². The fraction of sp³-hybridized carbons (Fsp3) is 0.368. The Morgan fingerprint density at radius 2 is 1.89 bits per heavy atom. The Labute approximate surface area is 156 Å². The van der Waals surface area contributed by atoms with Crippen LogP contribution in [0, 0.1) is 5.92 Å². The number of nitrogens with zero attached hydrogens (tertiary/aromatic N) is 1. The third-order valence-corrected chi connectivity index (χ3v) is 4.89. The van der Waals surface area contributed by atoms with Gasteiger partial charge in [0.25, 0.3) is 0 Å². The van der Waals surface area contributed by atoms with Gasteiger partial charge in [-0.2, -0.15) is 0 Å². The van der Waals surface area contributed by atoms with Gasteiger partial charge in [-0.25, -0.2) is 4.79 Å². The van der Waals surface area contributed by atoms with Crippen molar-refractivity contribution in [2.24, 2.45) is 5.92 Å². The van der Waals surface area contributed by atoms with Crippen LogP contribution in [0.4, 0.5) is 10.5 Å². The van der Waals surface area contributed by atoms with Crippen molar-refractivity contribution in [1.82, 2.24) is 10.2 Å². The number of imide groups is 2. The molecule has 4 amide bonds. The fourth-order valence-corrected chi connectivity index (χ4v) is 3.56. The molecule has 142 valence electrons. The lowest BCUT2D eigenvalue weighted by Gasteiger charge is -2.38. The number of urea groups is 1. The zero-order valence-corrected chi connectivity index (χ0v) is 14.7. The Kier molecular flexibility index (Phi) is 5.25. The van der Waals surface area contributed by atoms with E-state index in [-0.39, 0.29) is 17.3 Å². The predicted octanol–water partition coefficient (Wildman–Crippen LogP) is 1.00. The lowest BCUT2D eigenvalue weighted by molar-refractivity contribution is -0.255. The molecule has 2 N–H and O–H groups in total. The molecule has 0 aromatic heterocycles. The molecule has 1 aromatic carbocycles. The molecule has 1 saturated heterocycles. The van der Waals surface area contributed by atoms with E-state index in [1.165, 1.54) is 18.2 Å². The highest BCUT2D eigenvalue weighted by atomic mass is 16.4. The number of hydrogen-bond donors (Lipinski definition) is 2. The number of carbonyl (C=O) groups is 4. The van der Waals surface area contributed by atoms with Crippen molar-refractivity contribution >= 4 is 29.5 Å². The number of aromatic carboxylic acids is 1. The standard InChI is InChI=1S/C19H21N3O5/c1-11(20-13-7-5-6-12(10-13)18(25)26)15-16(23)21-19(27)22(17(15)24)14-8-3-2-4-9-14/h5-7,10,14-15,20H,1-4,8-9H2,(H,25,26)(H,21,23,27)/p-1/t15-/m0/s1. The predicted molar refractivity (Wildman–Crippen MR) is 94.3 cm³/mol. The Balaban J connectivity index is 1.79. The van der Waals surface area contributed by atoms with Gasteiger partial charge in [-0.1, -0.05) is 38.0 Å². The Hall–Kier alpha value is -3.16. The van der Waals surface area contributed by atoms with E-state index in [2.05, 4.69) is 17.2 Å². The molecule has 8 nitrogen and oxygen atoms in total. The van der Waals surface area contributed by atoms with Gasteiger partial charge in [-0.05, 0) is 30.5 Å². The van der Waals surface area contributed by atoms with Crippen LogP contribution in [0.15, 0.2) is 36.5 Å². The van der Waals surface area contributed by atoms with Crippen molar-refractivity contribution in [1.29, 1.82) is 0 Å². The normalized spacial score (nSPS) is 21.0. The van der Waals surface area contributed by atoms with Gasteiger partial charge in [0, 0.05) is 17.4 Å². The SMILES string of the molecule is C=C(Nc1cccc(C(=O)[O-])c1)[C@H]1C(=O)NC(=O)N(C2CCCCC2)C1=O. The summed E-state index contributed by atoms with van der Waals surface area (Å²) in [7, 11) is 0. The molecular formula is C19H20N3O5-. The van der Waals surface area contributed by atoms with Crippen molar-refractivity contribution < 1.29 is 24.3 Å². The first kappa shape index (κ1) is 18.6. The molecule has 1 saturated carbocycles. The van der Waals surface area contributed by atoms with E-state index < -0.39 is 29.7 Å². The van der Waals surface area contributed by atoms with Crippen LogP contribution in [0.1, 0.15) is 42.5 Å². The monoisotopic (exact) mass is 370 g/mol. The van der Waals surface area contributed by atoms with E-state index in [1.54, 1.807) is 6.07 Å². The second kappa shape index (κ2) is 7.61. The van der Waals surface area contributed by atoms with Crippen LogP contribution < -0.4 is 15.7 Å². The number of rotatable bonds is 5. The minimum atomic E-state index is -1.34. The molecule has 0 bridgehead atoms. The summed E-state index contributed by atoms with van der Waals surface area (Å²) in [6, 6.07) is 4.84. The lowest BCUT2D eigenvalue weighted by Crippen LogP contribution is -2.61. The Morgan fingerprint density at radius 1 is 1.19 bits per heavy atom. The number of barbiturate groups is 1. The number of nitrogens with one attached hydrogen (secondary N) is 2. The summed E-state index contributed by atoms with van der Waals surface area (Å²) in [6.45, 7) is 3.76. The molecule has 0 spiro atoms. The van der Waals surface area contributed by atoms with E-state index in [9.17, 15) is 24.3 Å². The number of benzene rings is 1. The summed E-state index contributed by atoms with van der Waals surface area (Å²) in [5, 5.41) is 16.0. The first-order valence-corrected chi connectivity index (χ1v) is 8.83. The van der Waals surface area contributed by atoms with Gasteiger partial charge < -0.3 is 15.2 Å². The molecule has 8 heteroatoms. The van der Waals surface area contributed by atoms with E-state index in [0.717, 1.165) is 24.2 Å². The fourth-order valence-electron chi connectivity index (χ4n) is 3.56. The summed E-state index contributed by atoms with van der Waals surface area (Å²) in [6.07, 6.45) is 4.35. The molecule has 1 aliphatic carbocycles. The average Bonchev–Trinajstić information content (AvgIpc) is 2.62. The number of hydrogen-bond acceptors (Lipinski definition) is 6. The van der Waals surface area contributed by atoms with Gasteiger partial charge >= 0.3 is 6.03 Å². The minimum Gasteiger partial charge on any atom is -0.545 e. The second-order valence-corrected chi connectivity index (χ2v) is 6.75. The average molecular weight is 370 g/mol. The molecule has 0 radical (unpaired) electrons. The summed E-state index contributed by atoms with van der Waals surface area (Å²) in [5.41, 5.74) is 0.371. The van der Waals surface area contributed by atoms with Crippen molar-refractivity contribution in [2.75, 3.05) is 5.32 Å². The van der Waals surface area contributed by atoms with Crippen molar-refractivity contribution in [3.05, 3.63) is 42.1 Å². The number of carboxylic acid groups (broad SMARTS) is 1. The van der Waals surface area contributed by atoms with Crippen molar-refractivity contribution in [3.8, 4) is 0 Å². The van der Waals surface area contributed by atoms with Gasteiger partial charge in [0.2, 0.25) is 11.8 Å². The van der Waals surface area contributed by atoms with Crippen LogP contribution in [0.3, 0.4) is 0 Å². The van der Waals surface area contributed by atoms with Gasteiger partial charge in [0.1, 0.15) is 0 Å². The smallest absolute Gasteiger partial charge is 0.331 e. The van der Waals surface area contributed by atoms with Crippen LogP contribution in [0.25, 0.3) is 0 Å². The number of anilines is 1. The van der Waals surface area contributed by atoms with Crippen molar-refractivity contribution in [2.45, 2.75) is 38.1 Å². The molecule has 2 aliphatic rings. The zero-order valence-electron chi connectivity index (χ0n) is 14.7. The summed E-state index contributed by atoms with van der Waals surface area (Å²) < 4.78 is 0. The number of carboxylic acids is 1. The number of amides is 4. The van der Waals surface area contributed by atoms with Crippen LogP contribution in [-0.2, 0) is 9.59 Å². The van der Waals surface area contributed by atoms with Gasteiger partial charge in [-0.15, -0.1) is 0 Å². The van der Waals surface area contributed by atoms with E-state index in [4.69, 9.17) is 0 Å². The highest BCUT2D eigenvalue weighted by molar-refractivity contribution is 6.18. The molecule has 0 unspecified atom stereocenters. The first-order valence-electron chi connectivity index (χ1n) is 8.83. The molecule has 3 rings (SSSR count). The Morgan fingerprint density at radius 3 is 2.56 bits per heavy atom. The van der Waals surface area contributed by atoms with E-state index >= 15 is 0 Å². The van der Waals surface area contributed by atoms with Gasteiger partial charge in [0.15, 0.2) is 5.92 Å². The highest BCUT2D eigenvalue weighted by Gasteiger charge is 2.45. The maximum Gasteiger partial charge on any atom is 0.331 e. The lowest BCUT2D eigenvalue weighted by atomic mass is 9.91. The molecule has 1 atom stereocenters. The minimum absolute atomic E-state index is 0.0498. The molecule has 1 aliphatic heterocycles. The molecule has 2 fully saturated rings. The second-order valence-electron chi connectivity index (χ2n) is 6.75.